The third-order valence-electron chi connectivity index (χ3n) is 5.05. The number of rotatable bonds is 7. The van der Waals surface area contributed by atoms with Gasteiger partial charge in [0.2, 0.25) is 5.78 Å². The van der Waals surface area contributed by atoms with Crippen LogP contribution in [-0.2, 0) is 23.1 Å². The molecule has 156 valence electrons. The number of ketones is 1. The van der Waals surface area contributed by atoms with Crippen molar-refractivity contribution in [3.8, 4) is 11.4 Å². The second kappa shape index (κ2) is 8.23. The lowest BCUT2D eigenvalue weighted by atomic mass is 10.0. The number of primary amides is 1. The van der Waals surface area contributed by atoms with Crippen LogP contribution in [0.25, 0.3) is 22.3 Å². The van der Waals surface area contributed by atoms with Crippen molar-refractivity contribution in [3.63, 3.8) is 0 Å². The van der Waals surface area contributed by atoms with Crippen LogP contribution in [0.3, 0.4) is 0 Å². The van der Waals surface area contributed by atoms with Crippen LogP contribution in [0, 0.1) is 0 Å². The van der Waals surface area contributed by atoms with Gasteiger partial charge in [-0.3, -0.25) is 24.0 Å². The van der Waals surface area contributed by atoms with Gasteiger partial charge in [0.15, 0.2) is 0 Å². The summed E-state index contributed by atoms with van der Waals surface area (Å²) >= 11 is 0. The standard InChI is InChI=1S/C22H20N6O3/c1-28-19(17-8-4-5-9-24-17)15(12-26-28)22(31)27-18(20(29)21(23)30)10-13-11-25-16-7-3-2-6-14(13)16/h2-9,11-12,18,25H,10H2,1H3,(H2,23,30)(H,27,31). The number of nitrogens with two attached hydrogens (primary N) is 1. The van der Waals surface area contributed by atoms with Crippen molar-refractivity contribution in [1.82, 2.24) is 25.1 Å². The Morgan fingerprint density at radius 2 is 1.94 bits per heavy atom. The summed E-state index contributed by atoms with van der Waals surface area (Å²) in [6, 6.07) is 11.8. The molecule has 0 bridgehead atoms. The van der Waals surface area contributed by atoms with Crippen LogP contribution < -0.4 is 11.1 Å². The van der Waals surface area contributed by atoms with Crippen molar-refractivity contribution in [2.75, 3.05) is 0 Å². The molecule has 0 saturated heterocycles. The van der Waals surface area contributed by atoms with Gasteiger partial charge in [0.05, 0.1) is 23.1 Å². The second-order valence-electron chi connectivity index (χ2n) is 7.06. The summed E-state index contributed by atoms with van der Waals surface area (Å²) in [4.78, 5) is 44.6. The monoisotopic (exact) mass is 416 g/mol. The summed E-state index contributed by atoms with van der Waals surface area (Å²) in [6.45, 7) is 0. The number of amides is 2. The molecule has 3 aromatic heterocycles. The van der Waals surface area contributed by atoms with E-state index in [9.17, 15) is 14.4 Å². The summed E-state index contributed by atoms with van der Waals surface area (Å²) in [5.41, 5.74) is 8.21. The number of nitrogens with one attached hydrogen (secondary N) is 2. The fourth-order valence-corrected chi connectivity index (χ4v) is 3.55. The van der Waals surface area contributed by atoms with Crippen molar-refractivity contribution in [1.29, 1.82) is 0 Å². The first-order chi connectivity index (χ1) is 15.0. The summed E-state index contributed by atoms with van der Waals surface area (Å²) < 4.78 is 1.53. The number of aryl methyl sites for hydroxylation is 1. The Kier molecular flexibility index (Phi) is 5.31. The zero-order valence-corrected chi connectivity index (χ0v) is 16.7. The zero-order chi connectivity index (χ0) is 22.0. The largest absolute Gasteiger partial charge is 0.363 e. The predicted molar refractivity (Wildman–Crippen MR) is 114 cm³/mol. The van der Waals surface area contributed by atoms with E-state index >= 15 is 0 Å². The average Bonchev–Trinajstić information content (AvgIpc) is 3.37. The molecule has 0 radical (unpaired) electrons. The molecule has 1 aromatic carbocycles. The Labute approximate surface area is 177 Å². The molecule has 4 aromatic rings. The van der Waals surface area contributed by atoms with E-state index in [1.54, 1.807) is 37.6 Å². The highest BCUT2D eigenvalue weighted by atomic mass is 16.2. The van der Waals surface area contributed by atoms with Crippen LogP contribution in [0.4, 0.5) is 0 Å². The summed E-state index contributed by atoms with van der Waals surface area (Å²) in [6.07, 6.45) is 4.87. The van der Waals surface area contributed by atoms with Crippen LogP contribution in [0.5, 0.6) is 0 Å². The maximum Gasteiger partial charge on any atom is 0.287 e. The lowest BCUT2D eigenvalue weighted by molar-refractivity contribution is -0.137. The number of para-hydroxylation sites is 1. The third-order valence-corrected chi connectivity index (χ3v) is 5.05. The average molecular weight is 416 g/mol. The molecule has 4 N–H and O–H groups in total. The van der Waals surface area contributed by atoms with Gasteiger partial charge in [0, 0.05) is 36.8 Å². The summed E-state index contributed by atoms with van der Waals surface area (Å²) in [7, 11) is 1.69. The SMILES string of the molecule is Cn1ncc(C(=O)NC(Cc2c[nH]c3ccccc23)C(=O)C(N)=O)c1-c1ccccn1. The Hall–Kier alpha value is -4.27. The fraction of sp³-hybridized carbons (Fsp3) is 0.136. The highest BCUT2D eigenvalue weighted by Crippen LogP contribution is 2.22. The van der Waals surface area contributed by atoms with Crippen LogP contribution in [0.15, 0.2) is 61.1 Å². The van der Waals surface area contributed by atoms with Gasteiger partial charge >= 0.3 is 0 Å². The molecule has 0 aliphatic heterocycles. The smallest absolute Gasteiger partial charge is 0.287 e. The first kappa shape index (κ1) is 20.0. The van der Waals surface area contributed by atoms with E-state index in [4.69, 9.17) is 5.73 Å². The molecular formula is C22H20N6O3. The quantitative estimate of drug-likeness (QED) is 0.391. The molecule has 31 heavy (non-hydrogen) atoms. The fourth-order valence-electron chi connectivity index (χ4n) is 3.55. The molecule has 0 fully saturated rings. The first-order valence-corrected chi connectivity index (χ1v) is 9.58. The van der Waals surface area contributed by atoms with Gasteiger partial charge in [0.25, 0.3) is 11.8 Å². The number of Topliss-reactive ketones (excluding diaryl/α,β-unsaturated/α-hetero) is 1. The minimum Gasteiger partial charge on any atom is -0.363 e. The van der Waals surface area contributed by atoms with Crippen LogP contribution >= 0.6 is 0 Å². The Balaban J connectivity index is 1.65. The van der Waals surface area contributed by atoms with Crippen molar-refractivity contribution < 1.29 is 14.4 Å². The van der Waals surface area contributed by atoms with Crippen molar-refractivity contribution >= 4 is 28.5 Å². The highest BCUT2D eigenvalue weighted by molar-refractivity contribution is 6.38. The van der Waals surface area contributed by atoms with Crippen LogP contribution in [0.1, 0.15) is 15.9 Å². The molecule has 2 amide bonds. The highest BCUT2D eigenvalue weighted by Gasteiger charge is 2.28. The number of benzene rings is 1. The molecule has 1 atom stereocenters. The molecule has 9 heteroatoms. The minimum absolute atomic E-state index is 0.108. The molecule has 0 aliphatic carbocycles. The number of carbonyl (C=O) groups is 3. The molecule has 4 rings (SSSR count). The number of fused-ring (bicyclic) bond motifs is 1. The van der Waals surface area contributed by atoms with Gasteiger partial charge in [-0.2, -0.15) is 5.10 Å². The molecule has 0 saturated carbocycles. The number of pyridine rings is 1. The molecule has 3 heterocycles. The Morgan fingerprint density at radius 1 is 1.16 bits per heavy atom. The Morgan fingerprint density at radius 3 is 2.68 bits per heavy atom. The molecule has 9 nitrogen and oxygen atoms in total. The van der Waals surface area contributed by atoms with Crippen molar-refractivity contribution in [2.45, 2.75) is 12.5 Å². The topological polar surface area (TPSA) is 136 Å². The second-order valence-corrected chi connectivity index (χ2v) is 7.06. The lowest BCUT2D eigenvalue weighted by Crippen LogP contribution is -2.47. The van der Waals surface area contributed by atoms with E-state index in [1.165, 1.54) is 10.9 Å². The van der Waals surface area contributed by atoms with E-state index in [1.807, 2.05) is 24.3 Å². The third kappa shape index (κ3) is 3.93. The van der Waals surface area contributed by atoms with Crippen LogP contribution in [-0.4, -0.2) is 43.4 Å². The van der Waals surface area contributed by atoms with Gasteiger partial charge in [-0.15, -0.1) is 0 Å². The van der Waals surface area contributed by atoms with E-state index in [-0.39, 0.29) is 12.0 Å². The van der Waals surface area contributed by atoms with Gasteiger partial charge in [-0.25, -0.2) is 0 Å². The number of H-pyrrole nitrogens is 1. The maximum absolute atomic E-state index is 13.1. The van der Waals surface area contributed by atoms with E-state index < -0.39 is 23.6 Å². The molecule has 0 spiro atoms. The normalized spacial score (nSPS) is 11.9. The molecule has 1 unspecified atom stereocenters. The first-order valence-electron chi connectivity index (χ1n) is 9.58. The molecule has 0 aliphatic rings. The number of nitrogens with zero attached hydrogens (tertiary/aromatic N) is 3. The number of hydrogen-bond acceptors (Lipinski definition) is 5. The van der Waals surface area contributed by atoms with E-state index in [2.05, 4.69) is 20.4 Å². The van der Waals surface area contributed by atoms with Crippen LogP contribution in [0.2, 0.25) is 0 Å². The van der Waals surface area contributed by atoms with Crippen molar-refractivity contribution in [2.24, 2.45) is 12.8 Å². The summed E-state index contributed by atoms with van der Waals surface area (Å²) in [5, 5.41) is 7.71. The number of carbonyl (C=O) groups excluding carboxylic acids is 3. The van der Waals surface area contributed by atoms with E-state index in [0.717, 1.165) is 16.5 Å². The number of aromatic amines is 1. The minimum atomic E-state index is -1.12. The van der Waals surface area contributed by atoms with Gasteiger partial charge in [0.1, 0.15) is 6.04 Å². The number of aromatic nitrogens is 4. The molecular weight excluding hydrogens is 396 g/mol. The maximum atomic E-state index is 13.1. The summed E-state index contributed by atoms with van der Waals surface area (Å²) in [5.74, 6) is -2.53. The van der Waals surface area contributed by atoms with Gasteiger partial charge < -0.3 is 16.0 Å². The lowest BCUT2D eigenvalue weighted by Gasteiger charge is -2.16. The van der Waals surface area contributed by atoms with E-state index in [0.29, 0.717) is 11.4 Å². The van der Waals surface area contributed by atoms with Crippen molar-refractivity contribution in [3.05, 3.63) is 72.2 Å². The predicted octanol–water partition coefficient (Wildman–Crippen LogP) is 1.36. The van der Waals surface area contributed by atoms with Gasteiger partial charge in [-0.05, 0) is 23.8 Å². The van der Waals surface area contributed by atoms with Gasteiger partial charge in [-0.1, -0.05) is 24.3 Å². The Bertz CT molecular complexity index is 1270. The zero-order valence-electron chi connectivity index (χ0n) is 16.7. The number of hydrogen-bond donors (Lipinski definition) is 3.